The van der Waals surface area contributed by atoms with Crippen LogP contribution in [0.25, 0.3) is 0 Å². The van der Waals surface area contributed by atoms with Crippen molar-refractivity contribution >= 4 is 17.2 Å². The molecule has 0 N–H and O–H groups in total. The third-order valence-electron chi connectivity index (χ3n) is 5.28. The van der Waals surface area contributed by atoms with Gasteiger partial charge in [-0.3, -0.25) is 14.9 Å². The normalized spacial score (nSPS) is 15.7. The van der Waals surface area contributed by atoms with Crippen LogP contribution in [0.15, 0.2) is 78.9 Å². The number of hydrogen-bond acceptors (Lipinski definition) is 4. The molecule has 140 valence electrons. The van der Waals surface area contributed by atoms with Crippen molar-refractivity contribution in [3.8, 4) is 0 Å². The Morgan fingerprint density at radius 2 is 1.64 bits per heavy atom. The SMILES string of the molecule is O=C(CC1c2ccccc2CCN1c1ccccc1)c1ccc([N+](=O)[O-])cc1. The minimum Gasteiger partial charge on any atom is -0.364 e. The Morgan fingerprint density at radius 3 is 2.36 bits per heavy atom. The topological polar surface area (TPSA) is 63.5 Å². The number of benzene rings is 3. The number of anilines is 1. The van der Waals surface area contributed by atoms with Gasteiger partial charge in [0.2, 0.25) is 0 Å². The maximum atomic E-state index is 13.0. The monoisotopic (exact) mass is 372 g/mol. The Balaban J connectivity index is 1.65. The fourth-order valence-corrected chi connectivity index (χ4v) is 3.86. The Morgan fingerprint density at radius 1 is 0.964 bits per heavy atom. The smallest absolute Gasteiger partial charge is 0.269 e. The number of non-ortho nitro benzene ring substituents is 1. The van der Waals surface area contributed by atoms with Crippen molar-refractivity contribution in [1.82, 2.24) is 0 Å². The van der Waals surface area contributed by atoms with Crippen molar-refractivity contribution in [3.05, 3.63) is 106 Å². The maximum Gasteiger partial charge on any atom is 0.269 e. The van der Waals surface area contributed by atoms with Crippen LogP contribution in [-0.4, -0.2) is 17.3 Å². The van der Waals surface area contributed by atoms with E-state index in [4.69, 9.17) is 0 Å². The molecule has 1 heterocycles. The number of hydrogen-bond donors (Lipinski definition) is 0. The van der Waals surface area contributed by atoms with E-state index >= 15 is 0 Å². The number of Topliss-reactive ketones (excluding diaryl/α,β-unsaturated/α-hetero) is 1. The van der Waals surface area contributed by atoms with Crippen molar-refractivity contribution in [2.24, 2.45) is 0 Å². The highest BCUT2D eigenvalue weighted by Crippen LogP contribution is 2.36. The Labute approximate surface area is 163 Å². The van der Waals surface area contributed by atoms with Crippen LogP contribution in [0, 0.1) is 10.1 Å². The van der Waals surface area contributed by atoms with Gasteiger partial charge in [-0.2, -0.15) is 0 Å². The molecule has 1 aliphatic rings. The van der Waals surface area contributed by atoms with Gasteiger partial charge < -0.3 is 4.90 Å². The molecule has 0 amide bonds. The molecule has 0 spiro atoms. The molecule has 1 aliphatic heterocycles. The van der Waals surface area contributed by atoms with Crippen LogP contribution in [0.5, 0.6) is 0 Å². The minimum atomic E-state index is -0.456. The number of carbonyl (C=O) groups excluding carboxylic acids is 1. The summed E-state index contributed by atoms with van der Waals surface area (Å²) in [4.78, 5) is 25.7. The van der Waals surface area contributed by atoms with E-state index < -0.39 is 4.92 Å². The number of nitro benzene ring substituents is 1. The number of carbonyl (C=O) groups is 1. The molecule has 28 heavy (non-hydrogen) atoms. The van der Waals surface area contributed by atoms with Crippen LogP contribution in [0.3, 0.4) is 0 Å². The summed E-state index contributed by atoms with van der Waals surface area (Å²) >= 11 is 0. The molecule has 0 aromatic heterocycles. The molecule has 0 bridgehead atoms. The van der Waals surface area contributed by atoms with Crippen molar-refractivity contribution in [1.29, 1.82) is 0 Å². The predicted octanol–water partition coefficient (Wildman–Crippen LogP) is 4.97. The first kappa shape index (κ1) is 17.9. The first-order chi connectivity index (χ1) is 13.6. The summed E-state index contributed by atoms with van der Waals surface area (Å²) in [5.74, 6) is -0.0162. The summed E-state index contributed by atoms with van der Waals surface area (Å²) in [5, 5.41) is 10.9. The summed E-state index contributed by atoms with van der Waals surface area (Å²) in [6.07, 6.45) is 1.26. The predicted molar refractivity (Wildman–Crippen MR) is 109 cm³/mol. The van der Waals surface area contributed by atoms with Gasteiger partial charge in [0.25, 0.3) is 5.69 Å². The van der Waals surface area contributed by atoms with Gasteiger partial charge in [0.1, 0.15) is 0 Å². The van der Waals surface area contributed by atoms with Crippen molar-refractivity contribution in [2.45, 2.75) is 18.9 Å². The van der Waals surface area contributed by atoms with Crippen LogP contribution in [0.1, 0.15) is 33.9 Å². The van der Waals surface area contributed by atoms with Crippen LogP contribution < -0.4 is 4.90 Å². The zero-order valence-electron chi connectivity index (χ0n) is 15.3. The first-order valence-electron chi connectivity index (χ1n) is 9.30. The second kappa shape index (κ2) is 7.64. The molecule has 5 nitrogen and oxygen atoms in total. The first-order valence-corrected chi connectivity index (χ1v) is 9.30. The fraction of sp³-hybridized carbons (Fsp3) is 0.174. The van der Waals surface area contributed by atoms with Gasteiger partial charge in [0.05, 0.1) is 11.0 Å². The zero-order valence-corrected chi connectivity index (χ0v) is 15.3. The fourth-order valence-electron chi connectivity index (χ4n) is 3.86. The van der Waals surface area contributed by atoms with Crippen LogP contribution in [-0.2, 0) is 6.42 Å². The van der Waals surface area contributed by atoms with E-state index in [0.29, 0.717) is 12.0 Å². The highest BCUT2D eigenvalue weighted by Gasteiger charge is 2.29. The standard InChI is InChI=1S/C23H20N2O3/c26-23(18-10-12-20(13-11-18)25(27)28)16-22-21-9-5-4-6-17(21)14-15-24(22)19-7-2-1-3-8-19/h1-13,22H,14-16H2. The van der Waals surface area contributed by atoms with Crippen molar-refractivity contribution in [3.63, 3.8) is 0 Å². The molecule has 3 aromatic carbocycles. The van der Waals surface area contributed by atoms with E-state index in [1.54, 1.807) is 12.1 Å². The highest BCUT2D eigenvalue weighted by atomic mass is 16.6. The number of para-hydroxylation sites is 1. The molecule has 0 fully saturated rings. The van der Waals surface area contributed by atoms with Crippen LogP contribution >= 0.6 is 0 Å². The van der Waals surface area contributed by atoms with E-state index in [1.165, 1.54) is 23.3 Å². The molecule has 1 atom stereocenters. The largest absolute Gasteiger partial charge is 0.364 e. The van der Waals surface area contributed by atoms with E-state index in [-0.39, 0.29) is 17.5 Å². The van der Waals surface area contributed by atoms with Gasteiger partial charge in [-0.1, -0.05) is 42.5 Å². The van der Waals surface area contributed by atoms with Crippen LogP contribution in [0.2, 0.25) is 0 Å². The number of rotatable bonds is 5. The minimum absolute atomic E-state index is 0.00882. The van der Waals surface area contributed by atoms with E-state index in [9.17, 15) is 14.9 Å². The van der Waals surface area contributed by atoms with Gasteiger partial charge in [-0.25, -0.2) is 0 Å². The molecule has 0 radical (unpaired) electrons. The molecule has 3 aromatic rings. The van der Waals surface area contributed by atoms with Gasteiger partial charge in [-0.05, 0) is 41.8 Å². The van der Waals surface area contributed by atoms with Crippen molar-refractivity contribution < 1.29 is 9.72 Å². The molecule has 5 heteroatoms. The summed E-state index contributed by atoms with van der Waals surface area (Å²) in [6.45, 7) is 0.846. The molecule has 0 saturated heterocycles. The lowest BCUT2D eigenvalue weighted by Gasteiger charge is -2.39. The molecular weight excluding hydrogens is 352 g/mol. The van der Waals surface area contributed by atoms with Gasteiger partial charge in [0, 0.05) is 36.3 Å². The summed E-state index contributed by atoms with van der Waals surface area (Å²) in [6, 6.07) is 24.2. The quantitative estimate of drug-likeness (QED) is 0.360. The number of ketones is 1. The lowest BCUT2D eigenvalue weighted by molar-refractivity contribution is -0.384. The maximum absolute atomic E-state index is 13.0. The Hall–Kier alpha value is -3.47. The molecular formula is C23H20N2O3. The molecule has 1 unspecified atom stereocenters. The Kier molecular flexibility index (Phi) is 4.89. The summed E-state index contributed by atoms with van der Waals surface area (Å²) < 4.78 is 0. The summed E-state index contributed by atoms with van der Waals surface area (Å²) in [5.41, 5.74) is 4.04. The molecule has 0 saturated carbocycles. The molecule has 4 rings (SSSR count). The average Bonchev–Trinajstić information content (AvgIpc) is 2.74. The van der Waals surface area contributed by atoms with Gasteiger partial charge >= 0.3 is 0 Å². The third-order valence-corrected chi connectivity index (χ3v) is 5.28. The van der Waals surface area contributed by atoms with Crippen molar-refractivity contribution in [2.75, 3.05) is 11.4 Å². The lowest BCUT2D eigenvalue weighted by atomic mass is 9.88. The second-order valence-electron chi connectivity index (χ2n) is 6.92. The summed E-state index contributed by atoms with van der Waals surface area (Å²) in [7, 11) is 0. The molecule has 0 aliphatic carbocycles. The third kappa shape index (κ3) is 3.51. The number of nitrogens with zero attached hydrogens (tertiary/aromatic N) is 2. The van der Waals surface area contributed by atoms with Gasteiger partial charge in [-0.15, -0.1) is 0 Å². The number of fused-ring (bicyclic) bond motifs is 1. The number of nitro groups is 1. The van der Waals surface area contributed by atoms with E-state index in [1.807, 2.05) is 30.3 Å². The van der Waals surface area contributed by atoms with Gasteiger partial charge in [0.15, 0.2) is 5.78 Å². The van der Waals surface area contributed by atoms with Crippen LogP contribution in [0.4, 0.5) is 11.4 Å². The Bertz CT molecular complexity index is 1000. The lowest BCUT2D eigenvalue weighted by Crippen LogP contribution is -2.36. The second-order valence-corrected chi connectivity index (χ2v) is 6.92. The average molecular weight is 372 g/mol. The van der Waals surface area contributed by atoms with E-state index in [2.05, 4.69) is 29.2 Å². The highest BCUT2D eigenvalue weighted by molar-refractivity contribution is 5.97. The van der Waals surface area contributed by atoms with E-state index in [0.717, 1.165) is 18.7 Å². The zero-order chi connectivity index (χ0) is 19.5.